The average Bonchev–Trinajstić information content (AvgIpc) is 3.32. The molecule has 2 rings (SSSR count). The summed E-state index contributed by atoms with van der Waals surface area (Å²) in [4.78, 5) is 26.8. The fourth-order valence-electron chi connectivity index (χ4n) is 2.89. The van der Waals surface area contributed by atoms with Crippen molar-refractivity contribution in [1.82, 2.24) is 31.3 Å². The lowest BCUT2D eigenvalue weighted by Crippen LogP contribution is -2.52. The number of nitrogens with two attached hydrogens (primary N) is 1. The van der Waals surface area contributed by atoms with Crippen molar-refractivity contribution < 1.29 is 14.0 Å². The number of hydrogen-bond acceptors (Lipinski definition) is 7. The number of halogens is 1. The van der Waals surface area contributed by atoms with Gasteiger partial charge in [-0.2, -0.15) is 0 Å². The molecule has 0 saturated carbocycles. The molecule has 1 unspecified atom stereocenters. The van der Waals surface area contributed by atoms with Crippen LogP contribution in [0.2, 0.25) is 0 Å². The molecule has 0 fully saturated rings. The van der Waals surface area contributed by atoms with Crippen LogP contribution in [0.1, 0.15) is 24.8 Å². The van der Waals surface area contributed by atoms with Crippen LogP contribution >= 0.6 is 0 Å². The Morgan fingerprint density at radius 3 is 2.68 bits per heavy atom. The van der Waals surface area contributed by atoms with E-state index >= 15 is 0 Å². The molecule has 0 saturated heterocycles. The lowest BCUT2D eigenvalue weighted by molar-refractivity contribution is -0.128. The van der Waals surface area contributed by atoms with Crippen molar-refractivity contribution in [3.05, 3.63) is 35.9 Å². The fraction of sp³-hybridized carbons (Fsp3) is 0.474. The number of H-pyrrole nitrogens is 1. The van der Waals surface area contributed by atoms with Gasteiger partial charge in [0.2, 0.25) is 11.9 Å². The van der Waals surface area contributed by atoms with Crippen LogP contribution in [0.5, 0.6) is 0 Å². The van der Waals surface area contributed by atoms with E-state index in [9.17, 15) is 14.0 Å². The Bertz CT molecular complexity index is 832. The molecule has 0 aliphatic heterocycles. The predicted octanol–water partition coefficient (Wildman–Crippen LogP) is -0.0760. The molecule has 11 nitrogen and oxygen atoms in total. The predicted molar refractivity (Wildman–Crippen MR) is 113 cm³/mol. The molecule has 0 aliphatic carbocycles. The number of nitrogens with zero attached hydrogens (tertiary/aromatic N) is 4. The Labute approximate surface area is 179 Å². The molecule has 2 amide bonds. The number of amides is 2. The first-order chi connectivity index (χ1) is 14.9. The summed E-state index contributed by atoms with van der Waals surface area (Å²) < 4.78 is 12.3. The molecule has 1 aromatic heterocycles. The summed E-state index contributed by atoms with van der Waals surface area (Å²) in [6, 6.07) is 7.70. The summed E-state index contributed by atoms with van der Waals surface area (Å²) in [7, 11) is 1.50. The van der Waals surface area contributed by atoms with E-state index in [0.717, 1.165) is 5.56 Å². The molecule has 0 spiro atoms. The number of carbonyl (C=O) groups is 2. The third kappa shape index (κ3) is 7.74. The van der Waals surface area contributed by atoms with E-state index in [1.807, 2.05) is 30.3 Å². The van der Waals surface area contributed by atoms with Gasteiger partial charge in [0.25, 0.3) is 5.91 Å². The van der Waals surface area contributed by atoms with Gasteiger partial charge in [-0.15, -0.1) is 0 Å². The molecule has 1 aromatic carbocycles. The first-order valence-electron chi connectivity index (χ1n) is 9.90. The van der Waals surface area contributed by atoms with E-state index in [4.69, 9.17) is 11.1 Å². The van der Waals surface area contributed by atoms with Crippen LogP contribution in [-0.4, -0.2) is 70.6 Å². The number of unbranched alkanes of at least 4 members (excludes halogenated alkanes) is 1. The fourth-order valence-corrected chi connectivity index (χ4v) is 2.89. The molecule has 168 valence electrons. The molecular weight excluding hydrogens is 405 g/mol. The van der Waals surface area contributed by atoms with Crippen molar-refractivity contribution in [3.63, 3.8) is 0 Å². The summed E-state index contributed by atoms with van der Waals surface area (Å²) in [5.74, 6) is -0.881. The number of anilines is 1. The second kappa shape index (κ2) is 12.3. The van der Waals surface area contributed by atoms with Crippen molar-refractivity contribution in [2.45, 2.75) is 37.8 Å². The van der Waals surface area contributed by atoms with Crippen molar-refractivity contribution in [2.24, 2.45) is 5.73 Å². The molecular formula is C19H28FN9O2. The first-order valence-corrected chi connectivity index (χ1v) is 9.90. The maximum Gasteiger partial charge on any atom is 0.251 e. The number of hydrogen-bond donors (Lipinski definition) is 5. The van der Waals surface area contributed by atoms with Crippen LogP contribution in [0.25, 0.3) is 0 Å². The summed E-state index contributed by atoms with van der Waals surface area (Å²) in [5.41, 5.74) is 6.96. The van der Waals surface area contributed by atoms with Crippen molar-refractivity contribution >= 4 is 23.6 Å². The monoisotopic (exact) mass is 433 g/mol. The molecule has 2 atom stereocenters. The van der Waals surface area contributed by atoms with E-state index in [1.54, 1.807) is 0 Å². The van der Waals surface area contributed by atoms with Gasteiger partial charge in [-0.25, -0.2) is 9.49 Å². The number of rotatable bonds is 12. The van der Waals surface area contributed by atoms with Gasteiger partial charge in [-0.3, -0.25) is 19.9 Å². The third-order valence-electron chi connectivity index (χ3n) is 4.62. The summed E-state index contributed by atoms with van der Waals surface area (Å²) >= 11 is 0. The first kappa shape index (κ1) is 23.9. The van der Waals surface area contributed by atoms with Gasteiger partial charge in [0.1, 0.15) is 18.6 Å². The van der Waals surface area contributed by atoms with Gasteiger partial charge in [0.15, 0.2) is 0 Å². The summed E-state index contributed by atoms with van der Waals surface area (Å²) in [6.07, 6.45) is 1.81. The van der Waals surface area contributed by atoms with Gasteiger partial charge in [-0.1, -0.05) is 35.4 Å². The number of aromatic amines is 1. The zero-order valence-electron chi connectivity index (χ0n) is 17.3. The van der Waals surface area contributed by atoms with Crippen LogP contribution in [-0.2, 0) is 16.0 Å². The van der Waals surface area contributed by atoms with Gasteiger partial charge < -0.3 is 16.4 Å². The quantitative estimate of drug-likeness (QED) is 0.177. The molecule has 31 heavy (non-hydrogen) atoms. The van der Waals surface area contributed by atoms with Gasteiger partial charge in [-0.05, 0) is 41.7 Å². The maximum absolute atomic E-state index is 12.9. The number of amidine groups is 1. The summed E-state index contributed by atoms with van der Waals surface area (Å²) in [5, 5.41) is 25.7. The Hall–Kier alpha value is -3.41. The number of alkyl halides is 1. The zero-order chi connectivity index (χ0) is 22.6. The number of nitrogens with one attached hydrogen (secondary N) is 4. The summed E-state index contributed by atoms with van der Waals surface area (Å²) in [6.45, 7) is -0.459. The SMILES string of the molecule is CN(C(=O)C(CCCCNC(=N)CF)NC(=O)[C@@H](N)Cc1ccccc1)c1nnn[nH]1. The van der Waals surface area contributed by atoms with E-state index in [1.165, 1.54) is 11.9 Å². The van der Waals surface area contributed by atoms with Gasteiger partial charge >= 0.3 is 0 Å². The third-order valence-corrected chi connectivity index (χ3v) is 4.62. The van der Waals surface area contributed by atoms with Crippen molar-refractivity contribution in [2.75, 3.05) is 25.2 Å². The largest absolute Gasteiger partial charge is 0.372 e. The Morgan fingerprint density at radius 1 is 1.29 bits per heavy atom. The molecule has 2 aromatic rings. The average molecular weight is 433 g/mol. The minimum absolute atomic E-state index is 0.149. The van der Waals surface area contributed by atoms with Gasteiger partial charge in [0.05, 0.1) is 6.04 Å². The number of tetrazole rings is 1. The number of carbonyl (C=O) groups excluding carboxylic acids is 2. The maximum atomic E-state index is 12.9. The molecule has 0 aliphatic rings. The highest BCUT2D eigenvalue weighted by Crippen LogP contribution is 2.10. The molecule has 1 heterocycles. The molecule has 12 heteroatoms. The van der Waals surface area contributed by atoms with Gasteiger partial charge in [0, 0.05) is 13.6 Å². The minimum atomic E-state index is -0.855. The van der Waals surface area contributed by atoms with Crippen molar-refractivity contribution in [1.29, 1.82) is 5.41 Å². The van der Waals surface area contributed by atoms with Crippen LogP contribution in [0, 0.1) is 5.41 Å². The van der Waals surface area contributed by atoms with E-state index in [-0.39, 0.29) is 11.8 Å². The number of aromatic nitrogens is 4. The number of likely N-dealkylation sites (N-methyl/N-ethyl adjacent to an activating group) is 1. The molecule has 0 radical (unpaired) electrons. The highest BCUT2D eigenvalue weighted by molar-refractivity contribution is 5.98. The van der Waals surface area contributed by atoms with E-state index in [0.29, 0.717) is 32.2 Å². The van der Waals surface area contributed by atoms with Crippen LogP contribution < -0.4 is 21.3 Å². The zero-order valence-corrected chi connectivity index (χ0v) is 17.3. The second-order valence-electron chi connectivity index (χ2n) is 7.01. The topological polar surface area (TPSA) is 166 Å². The van der Waals surface area contributed by atoms with Crippen LogP contribution in [0.15, 0.2) is 30.3 Å². The highest BCUT2D eigenvalue weighted by Gasteiger charge is 2.27. The van der Waals surface area contributed by atoms with E-state index in [2.05, 4.69) is 31.3 Å². The van der Waals surface area contributed by atoms with E-state index < -0.39 is 30.6 Å². The van der Waals surface area contributed by atoms with Crippen LogP contribution in [0.4, 0.5) is 10.3 Å². The Morgan fingerprint density at radius 2 is 2.03 bits per heavy atom. The van der Waals surface area contributed by atoms with Crippen LogP contribution in [0.3, 0.4) is 0 Å². The lowest BCUT2D eigenvalue weighted by atomic mass is 10.0. The minimum Gasteiger partial charge on any atom is -0.372 e. The molecule has 0 bridgehead atoms. The highest BCUT2D eigenvalue weighted by atomic mass is 19.1. The normalized spacial score (nSPS) is 12.6. The second-order valence-corrected chi connectivity index (χ2v) is 7.01. The Kier molecular flexibility index (Phi) is 9.49. The standard InChI is InChI=1S/C19H28FN9O2/c1-29(19-25-27-28-26-19)18(31)15(9-5-6-10-23-16(22)12-20)24-17(30)14(21)11-13-7-3-2-4-8-13/h2-4,7-8,14-15H,5-6,9-12,21H2,1H3,(H2,22,23)(H,24,30)(H,25,26,27,28)/t14-,15?/m0/s1. The number of benzene rings is 1. The lowest BCUT2D eigenvalue weighted by Gasteiger charge is -2.24. The smallest absolute Gasteiger partial charge is 0.251 e. The van der Waals surface area contributed by atoms with Crippen molar-refractivity contribution in [3.8, 4) is 0 Å². The Balaban J connectivity index is 1.97. The molecule has 6 N–H and O–H groups in total.